The Kier molecular flexibility index (Phi) is 4.51. The first-order valence-electron chi connectivity index (χ1n) is 6.55. The molecule has 0 spiro atoms. The van der Waals surface area contributed by atoms with E-state index in [1.807, 2.05) is 18.3 Å². The summed E-state index contributed by atoms with van der Waals surface area (Å²) in [4.78, 5) is 4.12. The van der Waals surface area contributed by atoms with E-state index in [9.17, 15) is 0 Å². The number of hydrogen-bond acceptors (Lipinski definition) is 3. The van der Waals surface area contributed by atoms with Crippen LogP contribution in [0.15, 0.2) is 24.5 Å². The van der Waals surface area contributed by atoms with Gasteiger partial charge >= 0.3 is 0 Å². The molecule has 1 aromatic rings. The smallest absolute Gasteiger partial charge is 0.0965 e. The Morgan fingerprint density at radius 1 is 1.41 bits per heavy atom. The van der Waals surface area contributed by atoms with Crippen molar-refractivity contribution in [3.05, 3.63) is 30.1 Å². The third-order valence-corrected chi connectivity index (χ3v) is 3.59. The average Bonchev–Trinajstić information content (AvgIpc) is 2.39. The van der Waals surface area contributed by atoms with Crippen molar-refractivity contribution in [2.24, 2.45) is 11.7 Å². The van der Waals surface area contributed by atoms with Crippen molar-refractivity contribution in [2.75, 3.05) is 6.54 Å². The number of nitrogens with zero attached hydrogens (tertiary/aromatic N) is 1. The summed E-state index contributed by atoms with van der Waals surface area (Å²) in [5.41, 5.74) is 6.89. The first kappa shape index (κ1) is 12.5. The number of pyridine rings is 1. The van der Waals surface area contributed by atoms with Crippen molar-refractivity contribution in [2.45, 2.75) is 44.8 Å². The van der Waals surface area contributed by atoms with E-state index in [-0.39, 0.29) is 6.10 Å². The molecular formula is C14H22N2O. The monoisotopic (exact) mass is 234 g/mol. The molecule has 94 valence electrons. The fourth-order valence-electron chi connectivity index (χ4n) is 2.43. The lowest BCUT2D eigenvalue weighted by Gasteiger charge is -2.29. The predicted octanol–water partition coefficient (Wildman–Crippen LogP) is 2.68. The van der Waals surface area contributed by atoms with E-state index in [0.717, 1.165) is 24.3 Å². The van der Waals surface area contributed by atoms with E-state index in [1.165, 1.54) is 12.8 Å². The van der Waals surface area contributed by atoms with Gasteiger partial charge in [-0.15, -0.1) is 0 Å². The van der Waals surface area contributed by atoms with Crippen LogP contribution in [0.5, 0.6) is 0 Å². The van der Waals surface area contributed by atoms with E-state index >= 15 is 0 Å². The van der Waals surface area contributed by atoms with Crippen LogP contribution in [0.2, 0.25) is 0 Å². The van der Waals surface area contributed by atoms with Crippen molar-refractivity contribution >= 4 is 0 Å². The molecule has 3 nitrogen and oxygen atoms in total. The lowest BCUT2D eigenvalue weighted by molar-refractivity contribution is -0.0329. The van der Waals surface area contributed by atoms with Crippen LogP contribution in [-0.2, 0) is 4.74 Å². The van der Waals surface area contributed by atoms with Gasteiger partial charge in [-0.25, -0.2) is 0 Å². The van der Waals surface area contributed by atoms with Crippen LogP contribution < -0.4 is 5.73 Å². The Bertz CT molecular complexity index is 320. The summed E-state index contributed by atoms with van der Waals surface area (Å²) in [6.45, 7) is 2.84. The highest BCUT2D eigenvalue weighted by molar-refractivity contribution is 5.12. The van der Waals surface area contributed by atoms with Gasteiger partial charge in [-0.3, -0.25) is 4.98 Å². The summed E-state index contributed by atoms with van der Waals surface area (Å²) in [5, 5.41) is 0. The Morgan fingerprint density at radius 3 is 2.76 bits per heavy atom. The van der Waals surface area contributed by atoms with Crippen LogP contribution >= 0.6 is 0 Å². The summed E-state index contributed by atoms with van der Waals surface area (Å²) in [6.07, 6.45) is 8.88. The molecule has 1 unspecified atom stereocenters. The molecule has 1 atom stereocenters. The molecule has 2 N–H and O–H groups in total. The molecule has 1 aromatic heterocycles. The second-order valence-electron chi connectivity index (χ2n) is 5.03. The van der Waals surface area contributed by atoms with Gasteiger partial charge in [-0.05, 0) is 37.7 Å². The third-order valence-electron chi connectivity index (χ3n) is 3.59. The van der Waals surface area contributed by atoms with Gasteiger partial charge in [0.15, 0.2) is 0 Å². The molecule has 1 saturated carbocycles. The summed E-state index contributed by atoms with van der Waals surface area (Å²) >= 11 is 0. The molecule has 0 radical (unpaired) electrons. The summed E-state index contributed by atoms with van der Waals surface area (Å²) in [5.74, 6) is 0.851. The van der Waals surface area contributed by atoms with Crippen LogP contribution in [-0.4, -0.2) is 17.6 Å². The standard InChI is InChI=1S/C14H22N2O/c1-11-4-6-13(7-5-11)17-14(9-15)12-3-2-8-16-10-12/h2-3,8,10-11,13-14H,4-7,9,15H2,1H3. The minimum Gasteiger partial charge on any atom is -0.369 e. The van der Waals surface area contributed by atoms with E-state index in [4.69, 9.17) is 10.5 Å². The molecule has 2 rings (SSSR count). The van der Waals surface area contributed by atoms with Crippen molar-refractivity contribution in [1.29, 1.82) is 0 Å². The lowest BCUT2D eigenvalue weighted by Crippen LogP contribution is -2.26. The minimum absolute atomic E-state index is 0.00195. The Labute approximate surface area is 103 Å². The molecular weight excluding hydrogens is 212 g/mol. The first-order chi connectivity index (χ1) is 8.29. The maximum atomic E-state index is 6.11. The number of hydrogen-bond donors (Lipinski definition) is 1. The van der Waals surface area contributed by atoms with Crippen LogP contribution in [0.1, 0.15) is 44.3 Å². The van der Waals surface area contributed by atoms with Gasteiger partial charge in [0.1, 0.15) is 0 Å². The normalized spacial score (nSPS) is 26.7. The maximum Gasteiger partial charge on any atom is 0.0965 e. The SMILES string of the molecule is CC1CCC(OC(CN)c2cccnc2)CC1. The highest BCUT2D eigenvalue weighted by Crippen LogP contribution is 2.29. The molecule has 0 bridgehead atoms. The van der Waals surface area contributed by atoms with Gasteiger partial charge in [0.25, 0.3) is 0 Å². The van der Waals surface area contributed by atoms with E-state index < -0.39 is 0 Å². The van der Waals surface area contributed by atoms with E-state index in [0.29, 0.717) is 12.6 Å². The fraction of sp³-hybridized carbons (Fsp3) is 0.643. The molecule has 17 heavy (non-hydrogen) atoms. The Morgan fingerprint density at radius 2 is 2.18 bits per heavy atom. The highest BCUT2D eigenvalue weighted by atomic mass is 16.5. The summed E-state index contributed by atoms with van der Waals surface area (Å²) in [6, 6.07) is 3.97. The molecule has 0 aromatic carbocycles. The van der Waals surface area contributed by atoms with Gasteiger partial charge < -0.3 is 10.5 Å². The van der Waals surface area contributed by atoms with Crippen molar-refractivity contribution < 1.29 is 4.74 Å². The van der Waals surface area contributed by atoms with E-state index in [2.05, 4.69) is 11.9 Å². The molecule has 1 aliphatic rings. The second-order valence-corrected chi connectivity index (χ2v) is 5.03. The topological polar surface area (TPSA) is 48.1 Å². The van der Waals surface area contributed by atoms with Crippen molar-refractivity contribution in [3.8, 4) is 0 Å². The van der Waals surface area contributed by atoms with Gasteiger partial charge in [-0.2, -0.15) is 0 Å². The minimum atomic E-state index is 0.00195. The van der Waals surface area contributed by atoms with Gasteiger partial charge in [0.05, 0.1) is 12.2 Å². The summed E-state index contributed by atoms with van der Waals surface area (Å²) < 4.78 is 6.11. The van der Waals surface area contributed by atoms with Gasteiger partial charge in [-0.1, -0.05) is 13.0 Å². The molecule has 3 heteroatoms. The zero-order valence-corrected chi connectivity index (χ0v) is 10.5. The maximum absolute atomic E-state index is 6.11. The molecule has 1 fully saturated rings. The average molecular weight is 234 g/mol. The molecule has 0 amide bonds. The zero-order valence-electron chi connectivity index (χ0n) is 10.5. The Hall–Kier alpha value is -0.930. The third kappa shape index (κ3) is 3.51. The van der Waals surface area contributed by atoms with Crippen molar-refractivity contribution in [1.82, 2.24) is 4.98 Å². The molecule has 0 aliphatic heterocycles. The Balaban J connectivity index is 1.92. The predicted molar refractivity (Wildman–Crippen MR) is 68.5 cm³/mol. The molecule has 0 saturated heterocycles. The van der Waals surface area contributed by atoms with Crippen LogP contribution in [0.4, 0.5) is 0 Å². The van der Waals surface area contributed by atoms with Gasteiger partial charge in [0, 0.05) is 24.5 Å². The lowest BCUT2D eigenvalue weighted by atomic mass is 9.89. The number of rotatable bonds is 4. The van der Waals surface area contributed by atoms with Crippen LogP contribution in [0.3, 0.4) is 0 Å². The van der Waals surface area contributed by atoms with Crippen LogP contribution in [0.25, 0.3) is 0 Å². The first-order valence-corrected chi connectivity index (χ1v) is 6.55. The summed E-state index contributed by atoms with van der Waals surface area (Å²) in [7, 11) is 0. The van der Waals surface area contributed by atoms with Crippen molar-refractivity contribution in [3.63, 3.8) is 0 Å². The largest absolute Gasteiger partial charge is 0.369 e. The van der Waals surface area contributed by atoms with Crippen LogP contribution in [0, 0.1) is 5.92 Å². The van der Waals surface area contributed by atoms with Gasteiger partial charge in [0.2, 0.25) is 0 Å². The number of nitrogens with two attached hydrogens (primary N) is 1. The quantitative estimate of drug-likeness (QED) is 0.871. The van der Waals surface area contributed by atoms with E-state index in [1.54, 1.807) is 6.20 Å². The highest BCUT2D eigenvalue weighted by Gasteiger charge is 2.22. The fourth-order valence-corrected chi connectivity index (χ4v) is 2.43. The second kappa shape index (κ2) is 6.12. The number of ether oxygens (including phenoxy) is 1. The molecule has 1 aliphatic carbocycles. The molecule has 1 heterocycles. The zero-order chi connectivity index (χ0) is 12.1. The number of aromatic nitrogens is 1.